The van der Waals surface area contributed by atoms with Gasteiger partial charge in [0.05, 0.1) is 24.7 Å². The molecule has 1 amide bonds. The molecule has 1 aliphatic carbocycles. The van der Waals surface area contributed by atoms with Gasteiger partial charge in [-0.05, 0) is 49.1 Å². The number of amides is 1. The number of rotatable bonds is 7. The van der Waals surface area contributed by atoms with Crippen molar-refractivity contribution in [3.8, 4) is 11.5 Å². The van der Waals surface area contributed by atoms with Gasteiger partial charge in [-0.2, -0.15) is 0 Å². The zero-order chi connectivity index (χ0) is 16.9. The van der Waals surface area contributed by atoms with Crippen LogP contribution in [0, 0.1) is 5.92 Å². The second-order valence-electron chi connectivity index (χ2n) is 5.63. The van der Waals surface area contributed by atoms with Gasteiger partial charge in [0.1, 0.15) is 16.5 Å². The van der Waals surface area contributed by atoms with Crippen LogP contribution in [-0.2, 0) is 0 Å². The number of nitrogens with one attached hydrogen (secondary N) is 1. The lowest BCUT2D eigenvalue weighted by Crippen LogP contribution is -2.26. The topological polar surface area (TPSA) is 60.5 Å². The van der Waals surface area contributed by atoms with E-state index in [0.717, 1.165) is 22.9 Å². The highest BCUT2D eigenvalue weighted by molar-refractivity contribution is 7.99. The van der Waals surface area contributed by atoms with Crippen molar-refractivity contribution in [3.05, 3.63) is 42.1 Å². The van der Waals surface area contributed by atoms with Gasteiger partial charge in [-0.15, -0.1) is 0 Å². The number of pyridine rings is 1. The lowest BCUT2D eigenvalue weighted by Gasteiger charge is -2.12. The number of aromatic nitrogens is 1. The van der Waals surface area contributed by atoms with Crippen molar-refractivity contribution < 1.29 is 14.3 Å². The Kier molecular flexibility index (Phi) is 5.25. The first-order valence-corrected chi connectivity index (χ1v) is 8.66. The van der Waals surface area contributed by atoms with Gasteiger partial charge in [-0.25, -0.2) is 4.98 Å². The van der Waals surface area contributed by atoms with Crippen LogP contribution in [0.1, 0.15) is 23.2 Å². The molecule has 2 aromatic rings. The van der Waals surface area contributed by atoms with Crippen LogP contribution in [0.15, 0.2) is 46.5 Å². The summed E-state index contributed by atoms with van der Waals surface area (Å²) in [7, 11) is 3.24. The molecule has 0 unspecified atom stereocenters. The molecule has 5 nitrogen and oxygen atoms in total. The number of hydrogen-bond acceptors (Lipinski definition) is 5. The van der Waals surface area contributed by atoms with E-state index in [1.165, 1.54) is 24.6 Å². The smallest absolute Gasteiger partial charge is 0.254 e. The van der Waals surface area contributed by atoms with E-state index in [2.05, 4.69) is 10.3 Å². The number of carbonyl (C=O) groups excluding carboxylic acids is 1. The normalized spacial score (nSPS) is 13.4. The molecule has 1 saturated carbocycles. The Balaban J connectivity index is 1.83. The number of ether oxygens (including phenoxy) is 2. The van der Waals surface area contributed by atoms with Crippen LogP contribution in [0.5, 0.6) is 11.5 Å². The minimum Gasteiger partial charge on any atom is -0.497 e. The Bertz CT molecular complexity index is 732. The SMILES string of the molecule is COc1ccc(OC)c(Sc2ncccc2C(=O)NCC2CC2)c1. The Morgan fingerprint density at radius 3 is 2.83 bits per heavy atom. The van der Waals surface area contributed by atoms with Gasteiger partial charge in [0, 0.05) is 12.7 Å². The molecule has 0 atom stereocenters. The molecule has 1 aliphatic rings. The lowest BCUT2D eigenvalue weighted by atomic mass is 10.2. The first-order valence-electron chi connectivity index (χ1n) is 7.84. The Labute approximate surface area is 145 Å². The molecular formula is C18H20N2O3S. The highest BCUT2D eigenvalue weighted by Crippen LogP contribution is 2.37. The zero-order valence-corrected chi connectivity index (χ0v) is 14.6. The van der Waals surface area contributed by atoms with Gasteiger partial charge in [-0.3, -0.25) is 4.79 Å². The van der Waals surface area contributed by atoms with Gasteiger partial charge in [0.2, 0.25) is 0 Å². The summed E-state index contributed by atoms with van der Waals surface area (Å²) in [5, 5.41) is 3.64. The molecule has 0 radical (unpaired) electrons. The number of benzene rings is 1. The van der Waals surface area contributed by atoms with Crippen molar-refractivity contribution in [2.45, 2.75) is 22.8 Å². The summed E-state index contributed by atoms with van der Waals surface area (Å²) in [6.07, 6.45) is 4.10. The van der Waals surface area contributed by atoms with E-state index in [4.69, 9.17) is 9.47 Å². The molecule has 0 bridgehead atoms. The van der Waals surface area contributed by atoms with Crippen molar-refractivity contribution >= 4 is 17.7 Å². The average molecular weight is 344 g/mol. The van der Waals surface area contributed by atoms with Crippen LogP contribution in [0.4, 0.5) is 0 Å². The third-order valence-corrected chi connectivity index (χ3v) is 4.90. The van der Waals surface area contributed by atoms with E-state index >= 15 is 0 Å². The van der Waals surface area contributed by atoms with Crippen LogP contribution in [0.2, 0.25) is 0 Å². The molecule has 1 aromatic heterocycles. The predicted octanol–water partition coefficient (Wildman–Crippen LogP) is 3.39. The molecule has 1 aromatic carbocycles. The number of carbonyl (C=O) groups is 1. The highest BCUT2D eigenvalue weighted by atomic mass is 32.2. The summed E-state index contributed by atoms with van der Waals surface area (Å²) in [4.78, 5) is 17.7. The molecule has 1 heterocycles. The van der Waals surface area contributed by atoms with Gasteiger partial charge >= 0.3 is 0 Å². The molecule has 3 rings (SSSR count). The molecule has 6 heteroatoms. The van der Waals surface area contributed by atoms with Crippen LogP contribution in [0.3, 0.4) is 0 Å². The molecule has 126 valence electrons. The Hall–Kier alpha value is -2.21. The van der Waals surface area contributed by atoms with Crippen molar-refractivity contribution in [2.24, 2.45) is 5.92 Å². The van der Waals surface area contributed by atoms with E-state index in [0.29, 0.717) is 16.5 Å². The minimum atomic E-state index is -0.0839. The molecule has 0 aliphatic heterocycles. The summed E-state index contributed by atoms with van der Waals surface area (Å²) in [5.74, 6) is 2.00. The van der Waals surface area contributed by atoms with Gasteiger partial charge in [0.25, 0.3) is 5.91 Å². The standard InChI is InChI=1S/C18H20N2O3S/c1-22-13-7-8-15(23-2)16(10-13)24-18-14(4-3-9-19-18)17(21)20-11-12-5-6-12/h3-4,7-10,12H,5-6,11H2,1-2H3,(H,20,21). The van der Waals surface area contributed by atoms with E-state index in [1.807, 2.05) is 18.2 Å². The molecule has 1 fully saturated rings. The highest BCUT2D eigenvalue weighted by Gasteiger charge is 2.23. The molecule has 0 saturated heterocycles. The third-order valence-electron chi connectivity index (χ3n) is 3.84. The summed E-state index contributed by atoms with van der Waals surface area (Å²) >= 11 is 1.40. The van der Waals surface area contributed by atoms with Gasteiger partial charge in [0.15, 0.2) is 0 Å². The predicted molar refractivity (Wildman–Crippen MR) is 93.0 cm³/mol. The van der Waals surface area contributed by atoms with Crippen molar-refractivity contribution in [2.75, 3.05) is 20.8 Å². The van der Waals surface area contributed by atoms with Crippen molar-refractivity contribution in [3.63, 3.8) is 0 Å². The second kappa shape index (κ2) is 7.57. The maximum atomic E-state index is 12.4. The van der Waals surface area contributed by atoms with Crippen molar-refractivity contribution in [1.29, 1.82) is 0 Å². The second-order valence-corrected chi connectivity index (χ2v) is 6.66. The number of nitrogens with zero attached hydrogens (tertiary/aromatic N) is 1. The Morgan fingerprint density at radius 2 is 2.12 bits per heavy atom. The molecular weight excluding hydrogens is 324 g/mol. The number of hydrogen-bond donors (Lipinski definition) is 1. The summed E-state index contributed by atoms with van der Waals surface area (Å²) in [6.45, 7) is 0.736. The largest absolute Gasteiger partial charge is 0.497 e. The van der Waals surface area contributed by atoms with Gasteiger partial charge < -0.3 is 14.8 Å². The van der Waals surface area contributed by atoms with E-state index < -0.39 is 0 Å². The van der Waals surface area contributed by atoms with Crippen LogP contribution in [0.25, 0.3) is 0 Å². The third kappa shape index (κ3) is 4.00. The lowest BCUT2D eigenvalue weighted by molar-refractivity contribution is 0.0948. The first-order chi connectivity index (χ1) is 11.7. The van der Waals surface area contributed by atoms with E-state index in [1.54, 1.807) is 32.5 Å². The minimum absolute atomic E-state index is 0.0839. The average Bonchev–Trinajstić information content (AvgIpc) is 3.44. The van der Waals surface area contributed by atoms with Gasteiger partial charge in [-0.1, -0.05) is 11.8 Å². The summed E-state index contributed by atoms with van der Waals surface area (Å²) in [5.41, 5.74) is 0.577. The first kappa shape index (κ1) is 16.6. The van der Waals surface area contributed by atoms with Crippen LogP contribution < -0.4 is 14.8 Å². The monoisotopic (exact) mass is 344 g/mol. The molecule has 24 heavy (non-hydrogen) atoms. The summed E-state index contributed by atoms with van der Waals surface area (Å²) < 4.78 is 10.7. The fourth-order valence-corrected chi connectivity index (χ4v) is 3.29. The zero-order valence-electron chi connectivity index (χ0n) is 13.7. The van der Waals surface area contributed by atoms with E-state index in [9.17, 15) is 4.79 Å². The van der Waals surface area contributed by atoms with Crippen LogP contribution in [-0.4, -0.2) is 31.7 Å². The Morgan fingerprint density at radius 1 is 1.29 bits per heavy atom. The molecule has 1 N–H and O–H groups in total. The fraction of sp³-hybridized carbons (Fsp3) is 0.333. The summed E-state index contributed by atoms with van der Waals surface area (Å²) in [6, 6.07) is 9.13. The van der Waals surface area contributed by atoms with Crippen LogP contribution >= 0.6 is 11.8 Å². The van der Waals surface area contributed by atoms with E-state index in [-0.39, 0.29) is 5.91 Å². The maximum absolute atomic E-state index is 12.4. The number of methoxy groups -OCH3 is 2. The molecule has 0 spiro atoms. The van der Waals surface area contributed by atoms with Crippen molar-refractivity contribution in [1.82, 2.24) is 10.3 Å². The quantitative estimate of drug-likeness (QED) is 0.834. The maximum Gasteiger partial charge on any atom is 0.254 e. The fourth-order valence-electron chi connectivity index (χ4n) is 2.27.